The summed E-state index contributed by atoms with van der Waals surface area (Å²) in [5, 5.41) is 8.45. The number of nitrogens with zero attached hydrogens (tertiary/aromatic N) is 1. The number of carboxylic acid groups (broad SMARTS) is 1. The van der Waals surface area contributed by atoms with Crippen LogP contribution in [0.2, 0.25) is 0 Å². The third-order valence-electron chi connectivity index (χ3n) is 3.56. The van der Waals surface area contributed by atoms with Crippen molar-refractivity contribution in [3.8, 4) is 0 Å². The van der Waals surface area contributed by atoms with E-state index >= 15 is 0 Å². The molecule has 0 amide bonds. The Labute approximate surface area is 176 Å². The fourth-order valence-electron chi connectivity index (χ4n) is 2.49. The molecule has 138 valence electrons. The van der Waals surface area contributed by atoms with E-state index in [1.165, 1.54) is 4.90 Å². The molecule has 1 aliphatic heterocycles. The maximum absolute atomic E-state index is 13.1. The van der Waals surface area contributed by atoms with Gasteiger partial charge in [0.1, 0.15) is 0 Å². The van der Waals surface area contributed by atoms with Crippen molar-refractivity contribution in [1.82, 2.24) is 0 Å². The van der Waals surface area contributed by atoms with Crippen molar-refractivity contribution in [2.24, 2.45) is 0 Å². The van der Waals surface area contributed by atoms with Crippen LogP contribution in [0.3, 0.4) is 0 Å². The number of carbonyl (C=O) groups is 1. The molecule has 0 aromatic heterocycles. The first-order chi connectivity index (χ1) is 11.0. The smallest absolute Gasteiger partial charge is 1.00 e. The van der Waals surface area contributed by atoms with Crippen LogP contribution in [0.25, 0.3) is 0 Å². The van der Waals surface area contributed by atoms with Gasteiger partial charge in [0.15, 0.2) is 0 Å². The van der Waals surface area contributed by atoms with Crippen molar-refractivity contribution in [2.45, 2.75) is 24.0 Å². The van der Waals surface area contributed by atoms with Gasteiger partial charge in [0.2, 0.25) is 0 Å². The summed E-state index contributed by atoms with van der Waals surface area (Å²) in [6, 6.07) is 1.57. The molecule has 1 aromatic carbocycles. The minimum Gasteiger partial charge on any atom is -1.00 e. The van der Waals surface area contributed by atoms with Gasteiger partial charge in [0, 0.05) is 24.0 Å². The molecule has 0 bridgehead atoms. The number of anilines is 1. The Morgan fingerprint density at radius 3 is 2.40 bits per heavy atom. The van der Waals surface area contributed by atoms with E-state index in [0.29, 0.717) is 12.5 Å². The molecule has 1 saturated heterocycles. The number of rotatable bonds is 4. The zero-order valence-electron chi connectivity index (χ0n) is 14.8. The standard InChI is InChI=1S/C14H13F6NO2S.Ca.2H/c15-13(16,17)8-1-2-11(10(5-8)14(18,19)20)21-4-3-9(6-21)24-7-12(22)23;;;/h1-2,5,9H,3-4,6-7H2,(H,22,23);;;/q;+2;2*-1. The Kier molecular flexibility index (Phi) is 7.80. The quantitative estimate of drug-likeness (QED) is 0.597. The summed E-state index contributed by atoms with van der Waals surface area (Å²) in [6.45, 7) is 0.387. The van der Waals surface area contributed by atoms with E-state index in [2.05, 4.69) is 0 Å². The summed E-state index contributed by atoms with van der Waals surface area (Å²) in [4.78, 5) is 11.9. The van der Waals surface area contributed by atoms with Gasteiger partial charge in [-0.05, 0) is 24.6 Å². The number of hydrogen-bond acceptors (Lipinski definition) is 3. The number of halogens is 6. The second kappa shape index (κ2) is 8.58. The molecule has 1 heterocycles. The molecule has 0 saturated carbocycles. The first-order valence-electron chi connectivity index (χ1n) is 6.85. The Hall–Kier alpha value is -0.320. The molecular formula is C14H15CaF6NO2S. The van der Waals surface area contributed by atoms with Crippen LogP contribution in [-0.2, 0) is 17.1 Å². The van der Waals surface area contributed by atoms with Gasteiger partial charge in [0.05, 0.1) is 16.9 Å². The average molecular weight is 415 g/mol. The second-order valence-corrected chi connectivity index (χ2v) is 6.58. The number of aliphatic carboxylic acids is 1. The van der Waals surface area contributed by atoms with Gasteiger partial charge in [-0.2, -0.15) is 26.3 Å². The van der Waals surface area contributed by atoms with Crippen molar-refractivity contribution >= 4 is 61.2 Å². The van der Waals surface area contributed by atoms with Gasteiger partial charge in [-0.3, -0.25) is 4.79 Å². The average Bonchev–Trinajstić information content (AvgIpc) is 2.91. The molecule has 1 N–H and O–H groups in total. The first-order valence-corrected chi connectivity index (χ1v) is 7.90. The van der Waals surface area contributed by atoms with Crippen LogP contribution in [0.15, 0.2) is 18.2 Å². The Morgan fingerprint density at radius 2 is 1.88 bits per heavy atom. The zero-order chi connectivity index (χ0) is 18.1. The van der Waals surface area contributed by atoms with Crippen LogP contribution in [-0.4, -0.2) is 72.9 Å². The van der Waals surface area contributed by atoms with Gasteiger partial charge in [-0.25, -0.2) is 0 Å². The molecule has 2 rings (SSSR count). The summed E-state index contributed by atoms with van der Waals surface area (Å²) < 4.78 is 77.4. The van der Waals surface area contributed by atoms with E-state index < -0.39 is 29.4 Å². The SMILES string of the molecule is O=C(O)CSC1CCN(c2ccc(C(F)(F)F)cc2C(F)(F)F)C1.[Ca+2].[H-].[H-]. The van der Waals surface area contributed by atoms with Gasteiger partial charge in [-0.1, -0.05) is 0 Å². The van der Waals surface area contributed by atoms with Crippen LogP contribution < -0.4 is 4.90 Å². The normalized spacial score (nSPS) is 18.2. The van der Waals surface area contributed by atoms with Crippen molar-refractivity contribution in [2.75, 3.05) is 23.7 Å². The number of benzene rings is 1. The molecule has 1 aromatic rings. The number of thioether (sulfide) groups is 1. The second-order valence-electron chi connectivity index (χ2n) is 5.29. The molecule has 0 radical (unpaired) electrons. The van der Waals surface area contributed by atoms with Gasteiger partial charge in [-0.15, -0.1) is 11.8 Å². The maximum Gasteiger partial charge on any atom is 2.00 e. The number of hydrogen-bond donors (Lipinski definition) is 1. The van der Waals surface area contributed by atoms with E-state index in [0.717, 1.165) is 17.8 Å². The summed E-state index contributed by atoms with van der Waals surface area (Å²) in [5.74, 6) is -1.19. The topological polar surface area (TPSA) is 40.5 Å². The number of alkyl halides is 6. The molecule has 1 unspecified atom stereocenters. The Bertz CT molecular complexity index is 633. The third kappa shape index (κ3) is 6.11. The largest absolute Gasteiger partial charge is 2.00 e. The van der Waals surface area contributed by atoms with E-state index in [1.807, 2.05) is 0 Å². The molecule has 1 aliphatic rings. The zero-order valence-corrected chi connectivity index (χ0v) is 15.8. The van der Waals surface area contributed by atoms with Crippen LogP contribution >= 0.6 is 11.8 Å². The summed E-state index contributed by atoms with van der Waals surface area (Å²) in [7, 11) is 0. The molecular weight excluding hydrogens is 400 g/mol. The maximum atomic E-state index is 13.1. The van der Waals surface area contributed by atoms with Gasteiger partial charge in [0.25, 0.3) is 0 Å². The molecule has 11 heteroatoms. The van der Waals surface area contributed by atoms with Crippen molar-refractivity contribution in [1.29, 1.82) is 0 Å². The number of carboxylic acids is 1. The molecule has 3 nitrogen and oxygen atoms in total. The predicted octanol–water partition coefficient (Wildman–Crippen LogP) is 3.96. The minimum atomic E-state index is -4.91. The fraction of sp³-hybridized carbons (Fsp3) is 0.500. The Balaban J connectivity index is 0. The van der Waals surface area contributed by atoms with Crippen LogP contribution in [0.5, 0.6) is 0 Å². The first kappa shape index (κ1) is 22.7. The summed E-state index contributed by atoms with van der Waals surface area (Å²) in [5.41, 5.74) is -3.00. The van der Waals surface area contributed by atoms with E-state index in [-0.39, 0.29) is 76.4 Å². The third-order valence-corrected chi connectivity index (χ3v) is 4.83. The van der Waals surface area contributed by atoms with E-state index in [1.54, 1.807) is 0 Å². The fourth-order valence-corrected chi connectivity index (χ4v) is 3.42. The van der Waals surface area contributed by atoms with E-state index in [4.69, 9.17) is 5.11 Å². The summed E-state index contributed by atoms with van der Waals surface area (Å²) in [6.07, 6.45) is -9.30. The van der Waals surface area contributed by atoms with Gasteiger partial charge < -0.3 is 12.9 Å². The molecule has 0 spiro atoms. The van der Waals surface area contributed by atoms with Crippen molar-refractivity contribution in [3.05, 3.63) is 29.3 Å². The molecule has 25 heavy (non-hydrogen) atoms. The van der Waals surface area contributed by atoms with Crippen LogP contribution in [0.4, 0.5) is 32.0 Å². The summed E-state index contributed by atoms with van der Waals surface area (Å²) >= 11 is 1.11. The molecule has 0 aliphatic carbocycles. The van der Waals surface area contributed by atoms with Gasteiger partial charge >= 0.3 is 56.1 Å². The van der Waals surface area contributed by atoms with E-state index in [9.17, 15) is 31.1 Å². The molecule has 1 atom stereocenters. The van der Waals surface area contributed by atoms with Crippen LogP contribution in [0, 0.1) is 0 Å². The monoisotopic (exact) mass is 415 g/mol. The Morgan fingerprint density at radius 1 is 1.24 bits per heavy atom. The van der Waals surface area contributed by atoms with Crippen molar-refractivity contribution in [3.63, 3.8) is 0 Å². The molecule has 1 fully saturated rings. The van der Waals surface area contributed by atoms with Crippen LogP contribution in [0.1, 0.15) is 20.4 Å². The predicted molar refractivity (Wildman–Crippen MR) is 85.1 cm³/mol. The minimum absolute atomic E-state index is 0. The van der Waals surface area contributed by atoms with Crippen molar-refractivity contribution < 1.29 is 39.1 Å².